The van der Waals surface area contributed by atoms with Gasteiger partial charge in [0.25, 0.3) is 0 Å². The van der Waals surface area contributed by atoms with E-state index >= 15 is 0 Å². The van der Waals surface area contributed by atoms with Crippen molar-refractivity contribution in [3.63, 3.8) is 0 Å². The molecule has 0 bridgehead atoms. The molecule has 1 amide bonds. The zero-order valence-electron chi connectivity index (χ0n) is 12.1. The lowest BCUT2D eigenvalue weighted by Gasteiger charge is -2.35. The summed E-state index contributed by atoms with van der Waals surface area (Å²) < 4.78 is 10.7. The minimum atomic E-state index is 0.117. The number of rotatable bonds is 3. The third-order valence-corrected chi connectivity index (χ3v) is 3.54. The number of hydrogen-bond acceptors (Lipinski definition) is 4. The van der Waals surface area contributed by atoms with Gasteiger partial charge < -0.3 is 14.2 Å². The van der Waals surface area contributed by atoms with Crippen LogP contribution in [0.5, 0.6) is 0 Å². The predicted molar refractivity (Wildman–Crippen MR) is 70.9 cm³/mol. The Bertz CT molecular complexity index is 426. The first-order valence-corrected chi connectivity index (χ1v) is 6.82. The van der Waals surface area contributed by atoms with E-state index in [2.05, 4.69) is 5.16 Å². The standard InChI is InChI=1S/C14H22N2O3/c1-9-7-16(8-10(2)18-9)14(17)6-5-13-11(3)15-19-12(13)4/h9-10H,5-8H2,1-4H3/t9-,10+. The molecule has 0 saturated carbocycles. The monoisotopic (exact) mass is 266 g/mol. The highest BCUT2D eigenvalue weighted by atomic mass is 16.5. The Morgan fingerprint density at radius 3 is 2.47 bits per heavy atom. The van der Waals surface area contributed by atoms with Crippen molar-refractivity contribution < 1.29 is 14.1 Å². The lowest BCUT2D eigenvalue weighted by molar-refractivity contribution is -0.143. The average molecular weight is 266 g/mol. The van der Waals surface area contributed by atoms with E-state index in [1.807, 2.05) is 32.6 Å². The van der Waals surface area contributed by atoms with E-state index in [-0.39, 0.29) is 18.1 Å². The van der Waals surface area contributed by atoms with Crippen LogP contribution >= 0.6 is 0 Å². The van der Waals surface area contributed by atoms with Crippen LogP contribution in [-0.2, 0) is 16.0 Å². The topological polar surface area (TPSA) is 55.6 Å². The van der Waals surface area contributed by atoms with E-state index in [0.717, 1.165) is 17.0 Å². The highest BCUT2D eigenvalue weighted by molar-refractivity contribution is 5.76. The molecule has 0 aliphatic carbocycles. The van der Waals surface area contributed by atoms with Crippen molar-refractivity contribution in [1.29, 1.82) is 0 Å². The molecular weight excluding hydrogens is 244 g/mol. The summed E-state index contributed by atoms with van der Waals surface area (Å²) in [5, 5.41) is 3.91. The number of carbonyl (C=O) groups is 1. The van der Waals surface area contributed by atoms with E-state index in [1.165, 1.54) is 0 Å². The summed E-state index contributed by atoms with van der Waals surface area (Å²) in [6, 6.07) is 0. The van der Waals surface area contributed by atoms with Crippen molar-refractivity contribution in [2.24, 2.45) is 0 Å². The van der Waals surface area contributed by atoms with Crippen molar-refractivity contribution in [2.45, 2.75) is 52.7 Å². The fourth-order valence-electron chi connectivity index (χ4n) is 2.63. The number of aryl methyl sites for hydroxylation is 2. The summed E-state index contributed by atoms with van der Waals surface area (Å²) in [4.78, 5) is 14.1. The van der Waals surface area contributed by atoms with Gasteiger partial charge in [-0.3, -0.25) is 4.79 Å². The third kappa shape index (κ3) is 3.35. The van der Waals surface area contributed by atoms with Gasteiger partial charge in [0.2, 0.25) is 5.91 Å². The van der Waals surface area contributed by atoms with Crippen LogP contribution in [0.2, 0.25) is 0 Å². The Labute approximate surface area is 113 Å². The zero-order valence-corrected chi connectivity index (χ0v) is 12.1. The maximum absolute atomic E-state index is 12.2. The number of amides is 1. The third-order valence-electron chi connectivity index (χ3n) is 3.54. The van der Waals surface area contributed by atoms with Crippen molar-refractivity contribution >= 4 is 5.91 Å². The molecule has 0 unspecified atom stereocenters. The Kier molecular flexibility index (Phi) is 4.24. The number of carbonyl (C=O) groups excluding carboxylic acids is 1. The number of aromatic nitrogens is 1. The number of hydrogen-bond donors (Lipinski definition) is 0. The molecule has 1 aromatic heterocycles. The lowest BCUT2D eigenvalue weighted by atomic mass is 10.1. The molecule has 106 valence electrons. The highest BCUT2D eigenvalue weighted by Crippen LogP contribution is 2.17. The molecule has 0 N–H and O–H groups in total. The SMILES string of the molecule is Cc1noc(C)c1CCC(=O)N1C[C@@H](C)O[C@@H](C)C1. The first-order chi connectivity index (χ1) is 8.97. The number of ether oxygens (including phenoxy) is 1. The largest absolute Gasteiger partial charge is 0.372 e. The summed E-state index contributed by atoms with van der Waals surface area (Å²) in [7, 11) is 0. The van der Waals surface area contributed by atoms with Gasteiger partial charge in [-0.15, -0.1) is 0 Å². The Morgan fingerprint density at radius 1 is 1.32 bits per heavy atom. The Balaban J connectivity index is 1.91. The highest BCUT2D eigenvalue weighted by Gasteiger charge is 2.25. The smallest absolute Gasteiger partial charge is 0.223 e. The van der Waals surface area contributed by atoms with Crippen molar-refractivity contribution in [2.75, 3.05) is 13.1 Å². The van der Waals surface area contributed by atoms with E-state index in [0.29, 0.717) is 25.9 Å². The maximum atomic E-state index is 12.2. The molecule has 2 rings (SSSR count). The molecule has 0 radical (unpaired) electrons. The van der Waals surface area contributed by atoms with Crippen LogP contribution in [-0.4, -0.2) is 41.3 Å². The molecule has 5 nitrogen and oxygen atoms in total. The second kappa shape index (κ2) is 5.74. The predicted octanol–water partition coefficient (Wildman–Crippen LogP) is 1.86. The van der Waals surface area contributed by atoms with Crippen LogP contribution in [0.15, 0.2) is 4.52 Å². The van der Waals surface area contributed by atoms with Gasteiger partial charge in [-0.2, -0.15) is 0 Å². The minimum Gasteiger partial charge on any atom is -0.372 e. The van der Waals surface area contributed by atoms with Crippen molar-refractivity contribution in [3.8, 4) is 0 Å². The molecule has 0 spiro atoms. The molecule has 1 aromatic rings. The Hall–Kier alpha value is -1.36. The summed E-state index contributed by atoms with van der Waals surface area (Å²) in [6.07, 6.45) is 1.43. The number of nitrogens with zero attached hydrogens (tertiary/aromatic N) is 2. The van der Waals surface area contributed by atoms with Gasteiger partial charge in [0.1, 0.15) is 5.76 Å². The fourth-order valence-corrected chi connectivity index (χ4v) is 2.63. The van der Waals surface area contributed by atoms with Gasteiger partial charge in [-0.25, -0.2) is 0 Å². The van der Waals surface area contributed by atoms with Crippen LogP contribution in [0.4, 0.5) is 0 Å². The second-order valence-corrected chi connectivity index (χ2v) is 5.36. The molecule has 1 saturated heterocycles. The maximum Gasteiger partial charge on any atom is 0.223 e. The second-order valence-electron chi connectivity index (χ2n) is 5.36. The van der Waals surface area contributed by atoms with E-state index in [1.54, 1.807) is 0 Å². The molecule has 19 heavy (non-hydrogen) atoms. The van der Waals surface area contributed by atoms with Crippen LogP contribution in [0.3, 0.4) is 0 Å². The molecule has 0 aromatic carbocycles. The molecule has 1 aliphatic heterocycles. The van der Waals surface area contributed by atoms with Gasteiger partial charge in [0.15, 0.2) is 0 Å². The van der Waals surface area contributed by atoms with Crippen LogP contribution < -0.4 is 0 Å². The average Bonchev–Trinajstić information content (AvgIpc) is 2.65. The summed E-state index contributed by atoms with van der Waals surface area (Å²) in [6.45, 7) is 9.18. The van der Waals surface area contributed by atoms with Gasteiger partial charge >= 0.3 is 0 Å². The van der Waals surface area contributed by atoms with Crippen molar-refractivity contribution in [1.82, 2.24) is 10.1 Å². The zero-order chi connectivity index (χ0) is 14.0. The van der Waals surface area contributed by atoms with E-state index < -0.39 is 0 Å². The lowest BCUT2D eigenvalue weighted by Crippen LogP contribution is -2.48. The summed E-state index contributed by atoms with van der Waals surface area (Å²) in [5.41, 5.74) is 1.94. The van der Waals surface area contributed by atoms with E-state index in [4.69, 9.17) is 9.26 Å². The fraction of sp³-hybridized carbons (Fsp3) is 0.714. The van der Waals surface area contributed by atoms with Gasteiger partial charge in [-0.1, -0.05) is 5.16 Å². The molecular formula is C14H22N2O3. The van der Waals surface area contributed by atoms with E-state index in [9.17, 15) is 4.79 Å². The van der Waals surface area contributed by atoms with Crippen LogP contribution in [0.1, 0.15) is 37.3 Å². The summed E-state index contributed by atoms with van der Waals surface area (Å²) >= 11 is 0. The van der Waals surface area contributed by atoms with Crippen LogP contribution in [0.25, 0.3) is 0 Å². The first-order valence-electron chi connectivity index (χ1n) is 6.82. The Morgan fingerprint density at radius 2 is 1.95 bits per heavy atom. The van der Waals surface area contributed by atoms with Gasteiger partial charge in [0, 0.05) is 25.1 Å². The van der Waals surface area contributed by atoms with Gasteiger partial charge in [0.05, 0.1) is 17.9 Å². The molecule has 1 fully saturated rings. The minimum absolute atomic E-state index is 0.117. The normalized spacial score (nSPS) is 23.7. The molecule has 1 aliphatic rings. The van der Waals surface area contributed by atoms with Crippen molar-refractivity contribution in [3.05, 3.63) is 17.0 Å². The summed E-state index contributed by atoms with van der Waals surface area (Å²) in [5.74, 6) is 0.996. The number of morpholine rings is 1. The molecule has 2 heterocycles. The first kappa shape index (κ1) is 14.1. The quantitative estimate of drug-likeness (QED) is 0.838. The molecule has 5 heteroatoms. The van der Waals surface area contributed by atoms with Crippen LogP contribution in [0, 0.1) is 13.8 Å². The molecule has 2 atom stereocenters. The van der Waals surface area contributed by atoms with Gasteiger partial charge in [-0.05, 0) is 34.1 Å².